The summed E-state index contributed by atoms with van der Waals surface area (Å²) in [4.78, 5) is 12.0. The number of allylic oxidation sites excluding steroid dienone is 2. The average molecular weight is 194 g/mol. The second-order valence-electron chi connectivity index (χ2n) is 4.52. The first-order valence-electron chi connectivity index (χ1n) is 5.21. The maximum Gasteiger partial charge on any atom is 0.147 e. The molecule has 0 aliphatic heterocycles. The van der Waals surface area contributed by atoms with Gasteiger partial charge in [-0.25, -0.2) is 0 Å². The van der Waals surface area contributed by atoms with Gasteiger partial charge in [0, 0.05) is 6.42 Å². The Bertz CT molecular complexity index is 215. The fourth-order valence-corrected chi connectivity index (χ4v) is 1.65. The molecule has 0 N–H and O–H groups in total. The highest BCUT2D eigenvalue weighted by Gasteiger charge is 2.34. The zero-order valence-electron chi connectivity index (χ0n) is 9.84. The normalized spacial score (nSPS) is 11.9. The van der Waals surface area contributed by atoms with Crippen LogP contribution in [0.15, 0.2) is 25.3 Å². The van der Waals surface area contributed by atoms with Gasteiger partial charge in [0.2, 0.25) is 0 Å². The Kier molecular flexibility index (Phi) is 4.82. The summed E-state index contributed by atoms with van der Waals surface area (Å²) in [5.74, 6) is 0.844. The molecule has 0 saturated heterocycles. The predicted molar refractivity (Wildman–Crippen MR) is 62.1 cm³/mol. The van der Waals surface area contributed by atoms with Gasteiger partial charge in [-0.1, -0.05) is 39.8 Å². The van der Waals surface area contributed by atoms with Crippen molar-refractivity contribution >= 4 is 5.78 Å². The van der Waals surface area contributed by atoms with Crippen LogP contribution in [0.2, 0.25) is 0 Å². The van der Waals surface area contributed by atoms with Crippen molar-refractivity contribution < 1.29 is 4.79 Å². The summed E-state index contributed by atoms with van der Waals surface area (Å²) in [5, 5.41) is 0. The monoisotopic (exact) mass is 194 g/mol. The number of hydrogen-bond acceptors (Lipinski definition) is 1. The van der Waals surface area contributed by atoms with Crippen LogP contribution < -0.4 is 0 Å². The molecular weight excluding hydrogens is 172 g/mol. The lowest BCUT2D eigenvalue weighted by Gasteiger charge is -2.30. The highest BCUT2D eigenvalue weighted by Crippen LogP contribution is 2.33. The molecule has 0 unspecified atom stereocenters. The molecule has 1 nitrogen and oxygen atoms in total. The lowest BCUT2D eigenvalue weighted by Crippen LogP contribution is -2.33. The Balaban J connectivity index is 4.90. The SMILES string of the molecule is C=CC(C=C)(C(=O)CC(C)C)C(C)C. The molecule has 0 rings (SSSR count). The van der Waals surface area contributed by atoms with Crippen LogP contribution in [-0.2, 0) is 4.79 Å². The topological polar surface area (TPSA) is 17.1 Å². The third-order valence-corrected chi connectivity index (χ3v) is 2.71. The molecule has 0 fully saturated rings. The summed E-state index contributed by atoms with van der Waals surface area (Å²) >= 11 is 0. The maximum absolute atomic E-state index is 12.0. The molecule has 14 heavy (non-hydrogen) atoms. The number of carbonyl (C=O) groups excluding carboxylic acids is 1. The molecule has 0 atom stereocenters. The Labute approximate surface area is 87.9 Å². The quantitative estimate of drug-likeness (QED) is 0.590. The minimum absolute atomic E-state index is 0.226. The molecular formula is C13H22O. The van der Waals surface area contributed by atoms with E-state index >= 15 is 0 Å². The minimum Gasteiger partial charge on any atom is -0.298 e. The second-order valence-corrected chi connectivity index (χ2v) is 4.52. The molecule has 0 aliphatic carbocycles. The lowest BCUT2D eigenvalue weighted by atomic mass is 9.72. The largest absolute Gasteiger partial charge is 0.298 e. The number of carbonyl (C=O) groups is 1. The molecule has 0 aliphatic rings. The van der Waals surface area contributed by atoms with E-state index in [0.717, 1.165) is 0 Å². The Morgan fingerprint density at radius 2 is 1.64 bits per heavy atom. The van der Waals surface area contributed by atoms with Gasteiger partial charge in [0.05, 0.1) is 5.41 Å². The van der Waals surface area contributed by atoms with E-state index in [9.17, 15) is 4.79 Å². The molecule has 1 heteroatoms. The van der Waals surface area contributed by atoms with Crippen molar-refractivity contribution in [3.8, 4) is 0 Å². The van der Waals surface area contributed by atoms with Crippen LogP contribution in [0.5, 0.6) is 0 Å². The molecule has 0 saturated carbocycles. The molecule has 0 aromatic heterocycles. The number of rotatable bonds is 6. The van der Waals surface area contributed by atoms with Crippen molar-refractivity contribution in [1.82, 2.24) is 0 Å². The molecule has 0 amide bonds. The maximum atomic E-state index is 12.0. The van der Waals surface area contributed by atoms with E-state index in [-0.39, 0.29) is 11.7 Å². The van der Waals surface area contributed by atoms with E-state index in [1.807, 2.05) is 13.8 Å². The number of hydrogen-bond donors (Lipinski definition) is 0. The first-order chi connectivity index (χ1) is 6.40. The van der Waals surface area contributed by atoms with Gasteiger partial charge in [0.25, 0.3) is 0 Å². The minimum atomic E-state index is -0.537. The number of Topliss-reactive ketones (excluding diaryl/α,β-unsaturated/α-hetero) is 1. The van der Waals surface area contributed by atoms with Crippen LogP contribution in [0.1, 0.15) is 34.1 Å². The van der Waals surface area contributed by atoms with E-state index in [1.54, 1.807) is 12.2 Å². The summed E-state index contributed by atoms with van der Waals surface area (Å²) < 4.78 is 0. The molecule has 0 radical (unpaired) electrons. The van der Waals surface area contributed by atoms with Gasteiger partial charge in [-0.15, -0.1) is 13.2 Å². The van der Waals surface area contributed by atoms with E-state index in [0.29, 0.717) is 12.3 Å². The summed E-state index contributed by atoms with van der Waals surface area (Å²) in [6.07, 6.45) is 4.06. The Morgan fingerprint density at radius 1 is 1.21 bits per heavy atom. The summed E-state index contributed by atoms with van der Waals surface area (Å²) in [7, 11) is 0. The van der Waals surface area contributed by atoms with Gasteiger partial charge in [-0.05, 0) is 11.8 Å². The van der Waals surface area contributed by atoms with Crippen molar-refractivity contribution in [2.45, 2.75) is 34.1 Å². The molecule has 0 bridgehead atoms. The van der Waals surface area contributed by atoms with Crippen molar-refractivity contribution in [2.24, 2.45) is 17.3 Å². The van der Waals surface area contributed by atoms with E-state index in [4.69, 9.17) is 0 Å². The van der Waals surface area contributed by atoms with Gasteiger partial charge >= 0.3 is 0 Å². The summed E-state index contributed by atoms with van der Waals surface area (Å²) in [6, 6.07) is 0. The standard InChI is InChI=1S/C13H22O/c1-7-13(8-2,11(5)6)12(14)9-10(3)4/h7-8,10-11H,1-2,9H2,3-6H3. The number of ketones is 1. The van der Waals surface area contributed by atoms with Crippen LogP contribution in [0, 0.1) is 17.3 Å². The van der Waals surface area contributed by atoms with Crippen LogP contribution >= 0.6 is 0 Å². The summed E-state index contributed by atoms with van der Waals surface area (Å²) in [6.45, 7) is 15.7. The molecule has 0 spiro atoms. The summed E-state index contributed by atoms with van der Waals surface area (Å²) in [5.41, 5.74) is -0.537. The highest BCUT2D eigenvalue weighted by molar-refractivity contribution is 5.89. The second kappa shape index (κ2) is 5.14. The van der Waals surface area contributed by atoms with Crippen molar-refractivity contribution in [3.63, 3.8) is 0 Å². The molecule has 0 aromatic carbocycles. The van der Waals surface area contributed by atoms with Crippen LogP contribution in [0.25, 0.3) is 0 Å². The Morgan fingerprint density at radius 3 is 1.86 bits per heavy atom. The molecule has 0 heterocycles. The predicted octanol–water partition coefficient (Wildman–Crippen LogP) is 3.62. The zero-order valence-corrected chi connectivity index (χ0v) is 9.84. The van der Waals surface area contributed by atoms with Crippen LogP contribution in [0.3, 0.4) is 0 Å². The molecule has 80 valence electrons. The van der Waals surface area contributed by atoms with Crippen molar-refractivity contribution in [3.05, 3.63) is 25.3 Å². The third kappa shape index (κ3) is 2.57. The van der Waals surface area contributed by atoms with Crippen LogP contribution in [0.4, 0.5) is 0 Å². The van der Waals surface area contributed by atoms with Crippen LogP contribution in [-0.4, -0.2) is 5.78 Å². The van der Waals surface area contributed by atoms with Gasteiger partial charge in [0.15, 0.2) is 0 Å². The molecule has 0 aromatic rings. The first kappa shape index (κ1) is 13.2. The fraction of sp³-hybridized carbons (Fsp3) is 0.615. The Hall–Kier alpha value is -0.850. The van der Waals surface area contributed by atoms with Gasteiger partial charge in [-0.2, -0.15) is 0 Å². The van der Waals surface area contributed by atoms with Crippen molar-refractivity contribution in [1.29, 1.82) is 0 Å². The van der Waals surface area contributed by atoms with Gasteiger partial charge in [-0.3, -0.25) is 4.79 Å². The van der Waals surface area contributed by atoms with E-state index in [1.165, 1.54) is 0 Å². The third-order valence-electron chi connectivity index (χ3n) is 2.71. The van der Waals surface area contributed by atoms with Crippen molar-refractivity contribution in [2.75, 3.05) is 0 Å². The van der Waals surface area contributed by atoms with Gasteiger partial charge in [0.1, 0.15) is 5.78 Å². The average Bonchev–Trinajstić information content (AvgIpc) is 2.05. The fourth-order valence-electron chi connectivity index (χ4n) is 1.65. The first-order valence-corrected chi connectivity index (χ1v) is 5.21. The lowest BCUT2D eigenvalue weighted by molar-refractivity contribution is -0.126. The van der Waals surface area contributed by atoms with E-state index in [2.05, 4.69) is 27.0 Å². The van der Waals surface area contributed by atoms with Gasteiger partial charge < -0.3 is 0 Å². The highest BCUT2D eigenvalue weighted by atomic mass is 16.1. The smallest absolute Gasteiger partial charge is 0.147 e. The zero-order chi connectivity index (χ0) is 11.4. The van der Waals surface area contributed by atoms with E-state index < -0.39 is 5.41 Å².